The molecule has 4 aliphatic rings. The molecule has 4 aliphatic carbocycles. The smallest absolute Gasteiger partial charge is 0.167 e. The Balaban J connectivity index is 0.000000110. The van der Waals surface area contributed by atoms with Crippen molar-refractivity contribution in [3.63, 3.8) is 0 Å². The molecule has 670 valence electrons. The summed E-state index contributed by atoms with van der Waals surface area (Å²) in [6, 6.07) is 142. The standard InChI is InChI=1S/C51H37N3O.C42H29N3O.C36H25N3O/c1-50(2)40-21-10-8-19-36(40)46-37(20-13-22-41(46)50)49-53-47(30-14-6-5-7-15-30)52-48(54-49)33-17-12-16-31(26-33)32-24-25-34-38-28-39-35-18-9-11-23-44(35)55-45(39)29-43(38)51(3,4)42(34)27-32;1-42(2)35-22-10-9-19-31(35)33-24-34-32-21-12-20-30(38(32)46-37(34)25-36(33)42)28-17-11-18-29(23-28)41-44-39(26-13-5-3-6-14-26)43-40(45-41)27-15-7-4-8-16-27;1-36(2)29-19-10-9-16-24(29)27-20-28-25-17-11-18-26(32(25)40-31(28)21-30(27)36)35-38-33(22-12-5-3-6-13-22)37-34(39-35)23-14-7-4-8-15-23/h5-29H,1-4H3;3-25H,1-2H3;3-21H,1-2H3. The second-order valence-electron chi connectivity index (χ2n) is 39.4. The van der Waals surface area contributed by atoms with E-state index in [1.54, 1.807) is 0 Å². The first-order valence-corrected chi connectivity index (χ1v) is 48.2. The molecule has 0 aliphatic heterocycles. The molecule has 0 radical (unpaired) electrons. The van der Waals surface area contributed by atoms with Crippen LogP contribution in [-0.4, -0.2) is 44.9 Å². The Morgan fingerprint density at radius 2 is 0.433 bits per heavy atom. The van der Waals surface area contributed by atoms with Gasteiger partial charge in [-0.1, -0.05) is 395 Å². The minimum Gasteiger partial charge on any atom is -0.456 e. The largest absolute Gasteiger partial charge is 0.456 e. The molecule has 12 nitrogen and oxygen atoms in total. The number of fused-ring (bicyclic) bond motifs is 21. The Hall–Kier alpha value is -17.6. The molecule has 0 amide bonds. The monoisotopic (exact) mass is 1810 g/mol. The van der Waals surface area contributed by atoms with Gasteiger partial charge in [-0.25, -0.2) is 44.9 Å². The van der Waals surface area contributed by atoms with Crippen molar-refractivity contribution < 1.29 is 13.3 Å². The maximum absolute atomic E-state index is 6.71. The summed E-state index contributed by atoms with van der Waals surface area (Å²) in [7, 11) is 0. The van der Waals surface area contributed by atoms with Crippen molar-refractivity contribution in [3.05, 3.63) is 451 Å². The van der Waals surface area contributed by atoms with Gasteiger partial charge in [0.1, 0.15) is 33.5 Å². The first-order valence-electron chi connectivity index (χ1n) is 48.2. The SMILES string of the molecule is CC1(C)c2cc(-c3cccc(-c4nc(-c5ccccc5)nc(-c5cccc6c5-c5ccccc5C6(C)C)n4)c3)ccc2-c2cc3c(cc21)oc1ccccc13.CC1(C)c2ccccc2-c2cc3c(cc21)oc1c(-c2cccc(-c4nc(-c5ccccc5)nc(-c5ccccc5)n4)c2)cccc13.CC1(C)c2ccccc2-c2cc3c(cc21)oc1c(-c2nc(-c4ccccc4)nc(-c4ccccc4)n2)cccc13. The zero-order valence-electron chi connectivity index (χ0n) is 78.9. The summed E-state index contributed by atoms with van der Waals surface area (Å²) in [5.41, 5.74) is 38.4. The highest BCUT2D eigenvalue weighted by Gasteiger charge is 2.42. The highest BCUT2D eigenvalue weighted by atomic mass is 16.3. The summed E-state index contributed by atoms with van der Waals surface area (Å²) in [5, 5.41) is 6.72. The number of aromatic nitrogens is 9. The molecular formula is C129H91N9O3. The van der Waals surface area contributed by atoms with Crippen LogP contribution in [0.5, 0.6) is 0 Å². The molecule has 0 bridgehead atoms. The lowest BCUT2D eigenvalue weighted by Gasteiger charge is -2.22. The van der Waals surface area contributed by atoms with Gasteiger partial charge in [0.25, 0.3) is 0 Å². The molecule has 141 heavy (non-hydrogen) atoms. The predicted molar refractivity (Wildman–Crippen MR) is 571 cm³/mol. The lowest BCUT2D eigenvalue weighted by Crippen LogP contribution is -2.15. The lowest BCUT2D eigenvalue weighted by atomic mass is 9.81. The zero-order chi connectivity index (χ0) is 94.7. The average molecular weight is 1820 g/mol. The molecule has 0 saturated heterocycles. The lowest BCUT2D eigenvalue weighted by molar-refractivity contribution is 0.647. The van der Waals surface area contributed by atoms with Gasteiger partial charge in [-0.15, -0.1) is 0 Å². The maximum Gasteiger partial charge on any atom is 0.167 e. The van der Waals surface area contributed by atoms with E-state index >= 15 is 0 Å². The highest BCUT2D eigenvalue weighted by molar-refractivity contribution is 6.14. The molecule has 28 rings (SSSR count). The second kappa shape index (κ2) is 32.5. The van der Waals surface area contributed by atoms with E-state index < -0.39 is 0 Å². The number of nitrogens with zero attached hydrogens (tertiary/aromatic N) is 9. The molecule has 0 spiro atoms. The third kappa shape index (κ3) is 13.9. The summed E-state index contributed by atoms with van der Waals surface area (Å²) in [6.45, 7) is 18.4. The van der Waals surface area contributed by atoms with Crippen molar-refractivity contribution in [3.8, 4) is 169 Å². The van der Waals surface area contributed by atoms with E-state index in [-0.39, 0.29) is 21.7 Å². The van der Waals surface area contributed by atoms with E-state index in [1.165, 1.54) is 89.0 Å². The maximum atomic E-state index is 6.71. The highest BCUT2D eigenvalue weighted by Crippen LogP contribution is 2.57. The van der Waals surface area contributed by atoms with Crippen LogP contribution in [0.15, 0.2) is 420 Å². The topological polar surface area (TPSA) is 155 Å². The fourth-order valence-corrected chi connectivity index (χ4v) is 22.3. The van der Waals surface area contributed by atoms with Crippen molar-refractivity contribution in [2.24, 2.45) is 0 Å². The van der Waals surface area contributed by atoms with Crippen molar-refractivity contribution in [2.75, 3.05) is 0 Å². The van der Waals surface area contributed by atoms with E-state index in [2.05, 4.69) is 304 Å². The van der Waals surface area contributed by atoms with E-state index in [1.807, 2.05) is 158 Å². The number of rotatable bonds is 11. The Labute approximate surface area is 815 Å². The molecule has 0 fully saturated rings. The minimum atomic E-state index is -0.192. The molecule has 0 saturated carbocycles. The fraction of sp³-hybridized carbons (Fsp3) is 0.0930. The van der Waals surface area contributed by atoms with Crippen LogP contribution in [0.3, 0.4) is 0 Å². The molecule has 6 aromatic heterocycles. The van der Waals surface area contributed by atoms with Crippen LogP contribution >= 0.6 is 0 Å². The fourth-order valence-electron chi connectivity index (χ4n) is 22.3. The van der Waals surface area contributed by atoms with Gasteiger partial charge in [-0.05, 0) is 172 Å². The quantitative estimate of drug-likeness (QED) is 0.121. The Morgan fingerprint density at radius 3 is 0.915 bits per heavy atom. The molecule has 0 atom stereocenters. The number of furan rings is 3. The van der Waals surface area contributed by atoms with E-state index in [0.29, 0.717) is 52.4 Å². The van der Waals surface area contributed by atoms with Gasteiger partial charge in [0.2, 0.25) is 0 Å². The van der Waals surface area contributed by atoms with Gasteiger partial charge in [-0.3, -0.25) is 0 Å². The summed E-state index contributed by atoms with van der Waals surface area (Å²) in [5.74, 6) is 5.76. The van der Waals surface area contributed by atoms with Crippen molar-refractivity contribution in [1.82, 2.24) is 44.9 Å². The van der Waals surface area contributed by atoms with Crippen LogP contribution in [0, 0.1) is 0 Å². The minimum absolute atomic E-state index is 0.0853. The van der Waals surface area contributed by atoms with Crippen molar-refractivity contribution in [2.45, 2.75) is 77.0 Å². The van der Waals surface area contributed by atoms with E-state index in [0.717, 1.165) is 138 Å². The summed E-state index contributed by atoms with van der Waals surface area (Å²) in [6.07, 6.45) is 0. The van der Waals surface area contributed by atoms with Crippen LogP contribution in [0.2, 0.25) is 0 Å². The number of hydrogen-bond donors (Lipinski definition) is 0. The molecule has 0 unspecified atom stereocenters. The molecule has 18 aromatic carbocycles. The molecule has 6 heterocycles. The van der Waals surface area contributed by atoms with Gasteiger partial charge < -0.3 is 13.3 Å². The molecule has 24 aromatic rings. The molecular weight excluding hydrogens is 1720 g/mol. The van der Waals surface area contributed by atoms with Gasteiger partial charge in [0.15, 0.2) is 52.4 Å². The van der Waals surface area contributed by atoms with Crippen molar-refractivity contribution >= 4 is 65.8 Å². The Bertz CT molecular complexity index is 9120. The molecule has 0 N–H and O–H groups in total. The molecule has 12 heteroatoms. The van der Waals surface area contributed by atoms with E-state index in [4.69, 9.17) is 58.1 Å². The first-order chi connectivity index (χ1) is 68.9. The summed E-state index contributed by atoms with van der Waals surface area (Å²) >= 11 is 0. The van der Waals surface area contributed by atoms with Crippen LogP contribution in [0.25, 0.3) is 235 Å². The third-order valence-corrected chi connectivity index (χ3v) is 29.6. The average Bonchev–Trinajstić information content (AvgIpc) is 1.63. The predicted octanol–water partition coefficient (Wildman–Crippen LogP) is 32.9. The number of para-hydroxylation sites is 3. The van der Waals surface area contributed by atoms with Gasteiger partial charge in [-0.2, -0.15) is 0 Å². The van der Waals surface area contributed by atoms with Gasteiger partial charge in [0, 0.05) is 104 Å². The van der Waals surface area contributed by atoms with Gasteiger partial charge in [0.05, 0.1) is 5.56 Å². The van der Waals surface area contributed by atoms with Gasteiger partial charge >= 0.3 is 0 Å². The summed E-state index contributed by atoms with van der Waals surface area (Å²) < 4.78 is 19.7. The van der Waals surface area contributed by atoms with Crippen LogP contribution in [0.1, 0.15) is 99.9 Å². The Morgan fingerprint density at radius 1 is 0.149 bits per heavy atom. The number of hydrogen-bond acceptors (Lipinski definition) is 12. The van der Waals surface area contributed by atoms with E-state index in [9.17, 15) is 0 Å². The van der Waals surface area contributed by atoms with Crippen LogP contribution in [0.4, 0.5) is 0 Å². The number of benzene rings is 18. The van der Waals surface area contributed by atoms with Crippen molar-refractivity contribution in [1.29, 1.82) is 0 Å². The second-order valence-corrected chi connectivity index (χ2v) is 39.4. The van der Waals surface area contributed by atoms with Crippen LogP contribution < -0.4 is 0 Å². The first kappa shape index (κ1) is 83.9. The summed E-state index contributed by atoms with van der Waals surface area (Å²) in [4.78, 5) is 45.0. The Kier molecular flexibility index (Phi) is 19.4. The third-order valence-electron chi connectivity index (χ3n) is 29.6. The van der Waals surface area contributed by atoms with Crippen LogP contribution in [-0.2, 0) is 21.7 Å². The zero-order valence-corrected chi connectivity index (χ0v) is 78.9. The normalized spacial score (nSPS) is 13.8.